The highest BCUT2D eigenvalue weighted by atomic mass is 16.7. The summed E-state index contributed by atoms with van der Waals surface area (Å²) in [4.78, 5) is 4.25. The maximum absolute atomic E-state index is 5.43. The van der Waals surface area contributed by atoms with E-state index in [0.29, 0.717) is 6.79 Å². The monoisotopic (exact) mass is 222 g/mol. The molecule has 2 rings (SSSR count). The Labute approximate surface area is 96.0 Å². The van der Waals surface area contributed by atoms with Crippen LogP contribution in [0.25, 0.3) is 0 Å². The van der Waals surface area contributed by atoms with Gasteiger partial charge in [-0.05, 0) is 25.0 Å². The number of hydrogen-bond acceptors (Lipinski definition) is 4. The predicted octanol–water partition coefficient (Wildman–Crippen LogP) is 1.24. The van der Waals surface area contributed by atoms with Gasteiger partial charge in [-0.25, -0.2) is 0 Å². The maximum Gasteiger partial charge on any atom is 0.147 e. The predicted molar refractivity (Wildman–Crippen MR) is 61.0 cm³/mol. The summed E-state index contributed by atoms with van der Waals surface area (Å²) in [6.45, 7) is 4.94. The number of rotatable bonds is 4. The second-order valence-corrected chi connectivity index (χ2v) is 4.04. The Morgan fingerprint density at radius 2 is 2.44 bits per heavy atom. The molecule has 1 fully saturated rings. The van der Waals surface area contributed by atoms with Gasteiger partial charge in [0.05, 0.1) is 12.7 Å². The van der Waals surface area contributed by atoms with Gasteiger partial charge >= 0.3 is 0 Å². The molecule has 1 aromatic heterocycles. The second kappa shape index (κ2) is 5.94. The fourth-order valence-electron chi connectivity index (χ4n) is 1.64. The molecular formula is C12H18N2O2. The molecule has 0 aromatic carbocycles. The SMILES string of the molecule is Cc1ccc(CNCC2CCOCO2)cn1. The lowest BCUT2D eigenvalue weighted by atomic mass is 10.2. The Bertz CT molecular complexity index is 307. The summed E-state index contributed by atoms with van der Waals surface area (Å²) in [6, 6.07) is 4.13. The van der Waals surface area contributed by atoms with Gasteiger partial charge in [0.1, 0.15) is 6.79 Å². The third-order valence-electron chi connectivity index (χ3n) is 2.64. The zero-order chi connectivity index (χ0) is 11.2. The van der Waals surface area contributed by atoms with Gasteiger partial charge in [0.15, 0.2) is 0 Å². The zero-order valence-corrected chi connectivity index (χ0v) is 9.61. The Balaban J connectivity index is 1.69. The van der Waals surface area contributed by atoms with Gasteiger partial charge in [-0.3, -0.25) is 4.98 Å². The van der Waals surface area contributed by atoms with E-state index in [1.807, 2.05) is 19.2 Å². The van der Waals surface area contributed by atoms with Crippen LogP contribution >= 0.6 is 0 Å². The molecule has 1 aromatic rings. The van der Waals surface area contributed by atoms with Crippen LogP contribution < -0.4 is 5.32 Å². The van der Waals surface area contributed by atoms with E-state index in [4.69, 9.17) is 9.47 Å². The summed E-state index contributed by atoms with van der Waals surface area (Å²) >= 11 is 0. The lowest BCUT2D eigenvalue weighted by Crippen LogP contribution is -2.33. The molecule has 0 bridgehead atoms. The van der Waals surface area contributed by atoms with Crippen molar-refractivity contribution in [2.45, 2.75) is 26.0 Å². The minimum absolute atomic E-state index is 0.284. The standard InChI is InChI=1S/C12H18N2O2/c1-10-2-3-11(7-14-10)6-13-8-12-4-5-15-9-16-12/h2-3,7,12-13H,4-6,8-9H2,1H3. The highest BCUT2D eigenvalue weighted by Gasteiger charge is 2.12. The van der Waals surface area contributed by atoms with Gasteiger partial charge in [-0.1, -0.05) is 6.07 Å². The van der Waals surface area contributed by atoms with Gasteiger partial charge in [0, 0.05) is 25.0 Å². The lowest BCUT2D eigenvalue weighted by Gasteiger charge is -2.22. The first-order chi connectivity index (χ1) is 7.84. The molecule has 0 amide bonds. The van der Waals surface area contributed by atoms with Crippen LogP contribution in [0.1, 0.15) is 17.7 Å². The molecule has 4 nitrogen and oxygen atoms in total. The fourth-order valence-corrected chi connectivity index (χ4v) is 1.64. The average Bonchev–Trinajstić information content (AvgIpc) is 2.33. The number of aryl methyl sites for hydroxylation is 1. The van der Waals surface area contributed by atoms with E-state index in [9.17, 15) is 0 Å². The van der Waals surface area contributed by atoms with Crippen molar-refractivity contribution in [2.24, 2.45) is 0 Å². The molecule has 0 saturated carbocycles. The van der Waals surface area contributed by atoms with Gasteiger partial charge in [0.2, 0.25) is 0 Å². The lowest BCUT2D eigenvalue weighted by molar-refractivity contribution is -0.137. The van der Waals surface area contributed by atoms with E-state index in [0.717, 1.165) is 31.8 Å². The Morgan fingerprint density at radius 1 is 1.50 bits per heavy atom. The number of aromatic nitrogens is 1. The molecule has 1 unspecified atom stereocenters. The van der Waals surface area contributed by atoms with Crippen molar-refractivity contribution in [1.29, 1.82) is 0 Å². The summed E-state index contributed by atoms with van der Waals surface area (Å²) in [7, 11) is 0. The quantitative estimate of drug-likeness (QED) is 0.832. The van der Waals surface area contributed by atoms with Crippen LogP contribution in [0.5, 0.6) is 0 Å². The molecule has 1 aliphatic heterocycles. The smallest absolute Gasteiger partial charge is 0.147 e. The summed E-state index contributed by atoms with van der Waals surface area (Å²) < 4.78 is 10.6. The summed E-state index contributed by atoms with van der Waals surface area (Å²) in [5, 5.41) is 3.37. The molecule has 0 spiro atoms. The number of hydrogen-bond donors (Lipinski definition) is 1. The average molecular weight is 222 g/mol. The Morgan fingerprint density at radius 3 is 3.12 bits per heavy atom. The molecule has 4 heteroatoms. The number of nitrogens with one attached hydrogen (secondary N) is 1. The van der Waals surface area contributed by atoms with Gasteiger partial charge in [-0.2, -0.15) is 0 Å². The van der Waals surface area contributed by atoms with E-state index in [1.165, 1.54) is 5.56 Å². The van der Waals surface area contributed by atoms with Crippen molar-refractivity contribution in [1.82, 2.24) is 10.3 Å². The minimum atomic E-state index is 0.284. The largest absolute Gasteiger partial charge is 0.355 e. The molecule has 88 valence electrons. The maximum atomic E-state index is 5.43. The summed E-state index contributed by atoms with van der Waals surface area (Å²) in [5.41, 5.74) is 2.26. The molecule has 1 N–H and O–H groups in total. The minimum Gasteiger partial charge on any atom is -0.355 e. The van der Waals surface area contributed by atoms with Gasteiger partial charge in [-0.15, -0.1) is 0 Å². The van der Waals surface area contributed by atoms with Crippen molar-refractivity contribution < 1.29 is 9.47 Å². The van der Waals surface area contributed by atoms with Gasteiger partial charge in [0.25, 0.3) is 0 Å². The molecule has 1 aliphatic rings. The third-order valence-corrected chi connectivity index (χ3v) is 2.64. The highest BCUT2D eigenvalue weighted by molar-refractivity contribution is 5.12. The molecule has 1 atom stereocenters. The molecule has 0 aliphatic carbocycles. The third kappa shape index (κ3) is 3.56. The molecule has 1 saturated heterocycles. The second-order valence-electron chi connectivity index (χ2n) is 4.04. The van der Waals surface area contributed by atoms with Gasteiger partial charge < -0.3 is 14.8 Å². The topological polar surface area (TPSA) is 43.4 Å². The van der Waals surface area contributed by atoms with E-state index < -0.39 is 0 Å². The van der Waals surface area contributed by atoms with E-state index in [2.05, 4.69) is 16.4 Å². The van der Waals surface area contributed by atoms with E-state index >= 15 is 0 Å². The van der Waals surface area contributed by atoms with E-state index in [-0.39, 0.29) is 6.10 Å². The first-order valence-corrected chi connectivity index (χ1v) is 5.66. The summed E-state index contributed by atoms with van der Waals surface area (Å²) in [5.74, 6) is 0. The van der Waals surface area contributed by atoms with Crippen molar-refractivity contribution in [3.8, 4) is 0 Å². The first-order valence-electron chi connectivity index (χ1n) is 5.66. The van der Waals surface area contributed by atoms with Crippen molar-refractivity contribution >= 4 is 0 Å². The molecule has 2 heterocycles. The zero-order valence-electron chi connectivity index (χ0n) is 9.61. The van der Waals surface area contributed by atoms with Crippen LogP contribution in [-0.4, -0.2) is 31.0 Å². The number of pyridine rings is 1. The fraction of sp³-hybridized carbons (Fsp3) is 0.583. The van der Waals surface area contributed by atoms with Crippen LogP contribution in [-0.2, 0) is 16.0 Å². The normalized spacial score (nSPS) is 20.9. The van der Waals surface area contributed by atoms with Crippen LogP contribution in [0.4, 0.5) is 0 Å². The Hall–Kier alpha value is -0.970. The van der Waals surface area contributed by atoms with Crippen molar-refractivity contribution in [3.05, 3.63) is 29.6 Å². The van der Waals surface area contributed by atoms with E-state index in [1.54, 1.807) is 0 Å². The highest BCUT2D eigenvalue weighted by Crippen LogP contribution is 2.05. The number of ether oxygens (including phenoxy) is 2. The van der Waals surface area contributed by atoms with Crippen LogP contribution in [0.15, 0.2) is 18.3 Å². The Kier molecular flexibility index (Phi) is 4.27. The molecule has 0 radical (unpaired) electrons. The van der Waals surface area contributed by atoms with Crippen LogP contribution in [0.3, 0.4) is 0 Å². The first kappa shape index (κ1) is 11.5. The molecule has 16 heavy (non-hydrogen) atoms. The number of nitrogens with zero attached hydrogens (tertiary/aromatic N) is 1. The van der Waals surface area contributed by atoms with Crippen LogP contribution in [0, 0.1) is 6.92 Å². The van der Waals surface area contributed by atoms with Crippen molar-refractivity contribution in [2.75, 3.05) is 19.9 Å². The summed E-state index contributed by atoms with van der Waals surface area (Å²) in [6.07, 6.45) is 3.17. The molecular weight excluding hydrogens is 204 g/mol. The van der Waals surface area contributed by atoms with Crippen LogP contribution in [0.2, 0.25) is 0 Å². The van der Waals surface area contributed by atoms with Crippen molar-refractivity contribution in [3.63, 3.8) is 0 Å².